The molecule has 7 heteroatoms. The first-order valence-electron chi connectivity index (χ1n) is 5.83. The van der Waals surface area contributed by atoms with E-state index >= 15 is 0 Å². The van der Waals surface area contributed by atoms with Crippen LogP contribution in [0.3, 0.4) is 0 Å². The van der Waals surface area contributed by atoms with Crippen LogP contribution < -0.4 is 10.1 Å². The number of halogens is 4. The van der Waals surface area contributed by atoms with Crippen molar-refractivity contribution in [1.82, 2.24) is 5.32 Å². The summed E-state index contributed by atoms with van der Waals surface area (Å²) < 4.78 is 39.7. The predicted octanol–water partition coefficient (Wildman–Crippen LogP) is 3.47. The summed E-state index contributed by atoms with van der Waals surface area (Å²) in [6.45, 7) is 3.62. The van der Waals surface area contributed by atoms with Crippen LogP contribution in [0.15, 0.2) is 24.3 Å². The molecule has 1 aromatic carbocycles. The summed E-state index contributed by atoms with van der Waals surface area (Å²) in [7, 11) is 0. The van der Waals surface area contributed by atoms with Crippen molar-refractivity contribution >= 4 is 17.5 Å². The lowest BCUT2D eigenvalue weighted by Gasteiger charge is -2.20. The van der Waals surface area contributed by atoms with E-state index in [0.717, 1.165) is 0 Å². The SMILES string of the molecule is CC(C)(CCl)C(=O)NCc1ccc(OC(F)(F)F)cc1. The summed E-state index contributed by atoms with van der Waals surface area (Å²) in [6, 6.07) is 5.30. The Bertz CT molecular complexity index is 458. The number of carbonyl (C=O) groups is 1. The van der Waals surface area contributed by atoms with Gasteiger partial charge in [-0.05, 0) is 31.5 Å². The van der Waals surface area contributed by atoms with E-state index in [2.05, 4.69) is 10.1 Å². The van der Waals surface area contributed by atoms with Gasteiger partial charge in [0.2, 0.25) is 5.91 Å². The molecule has 0 radical (unpaired) electrons. The molecular weight excluding hydrogens is 295 g/mol. The zero-order chi connectivity index (χ0) is 15.4. The number of carbonyl (C=O) groups excluding carboxylic acids is 1. The first-order chi connectivity index (χ1) is 9.14. The maximum absolute atomic E-state index is 12.0. The average molecular weight is 310 g/mol. The van der Waals surface area contributed by atoms with Gasteiger partial charge in [-0.3, -0.25) is 4.79 Å². The molecule has 112 valence electrons. The summed E-state index contributed by atoms with van der Waals surface area (Å²) in [5, 5.41) is 2.67. The minimum absolute atomic E-state index is 0.178. The molecule has 20 heavy (non-hydrogen) atoms. The second kappa shape index (κ2) is 6.35. The maximum atomic E-state index is 12.0. The number of hydrogen-bond acceptors (Lipinski definition) is 2. The number of alkyl halides is 4. The number of ether oxygens (including phenoxy) is 1. The number of rotatable bonds is 5. The molecule has 1 rings (SSSR count). The minimum atomic E-state index is -4.71. The molecule has 0 fully saturated rings. The van der Waals surface area contributed by atoms with Gasteiger partial charge in [0.05, 0.1) is 5.41 Å². The second-order valence-corrected chi connectivity index (χ2v) is 5.16. The van der Waals surface area contributed by atoms with Crippen LogP contribution in [-0.4, -0.2) is 18.1 Å². The Hall–Kier alpha value is -1.43. The summed E-state index contributed by atoms with van der Waals surface area (Å²) >= 11 is 5.67. The first kappa shape index (κ1) is 16.6. The van der Waals surface area contributed by atoms with Crippen molar-refractivity contribution in [2.45, 2.75) is 26.8 Å². The Balaban J connectivity index is 2.56. The summed E-state index contributed by atoms with van der Waals surface area (Å²) in [6.07, 6.45) is -4.71. The van der Waals surface area contributed by atoms with Gasteiger partial charge < -0.3 is 10.1 Å². The Morgan fingerprint density at radius 2 is 1.80 bits per heavy atom. The molecule has 0 saturated heterocycles. The van der Waals surface area contributed by atoms with Crippen LogP contribution in [0.1, 0.15) is 19.4 Å². The van der Waals surface area contributed by atoms with Crippen molar-refractivity contribution in [3.63, 3.8) is 0 Å². The van der Waals surface area contributed by atoms with Gasteiger partial charge >= 0.3 is 6.36 Å². The third kappa shape index (κ3) is 5.28. The lowest BCUT2D eigenvalue weighted by molar-refractivity contribution is -0.274. The highest BCUT2D eigenvalue weighted by atomic mass is 35.5. The maximum Gasteiger partial charge on any atom is 0.573 e. The van der Waals surface area contributed by atoms with Gasteiger partial charge in [0, 0.05) is 12.4 Å². The normalized spacial score (nSPS) is 12.1. The zero-order valence-electron chi connectivity index (χ0n) is 11.1. The second-order valence-electron chi connectivity index (χ2n) is 4.89. The van der Waals surface area contributed by atoms with E-state index in [4.69, 9.17) is 11.6 Å². The molecule has 0 aromatic heterocycles. The summed E-state index contributed by atoms with van der Waals surface area (Å²) in [5.74, 6) is -0.339. The molecule has 1 aromatic rings. The standard InChI is InChI=1S/C13H15ClF3NO2/c1-12(2,8-14)11(19)18-7-9-3-5-10(6-4-9)20-13(15,16)17/h3-6H,7-8H2,1-2H3,(H,18,19). The fourth-order valence-electron chi connectivity index (χ4n) is 1.29. The van der Waals surface area contributed by atoms with Crippen LogP contribution in [0.5, 0.6) is 5.75 Å². The highest BCUT2D eigenvalue weighted by molar-refractivity contribution is 6.19. The van der Waals surface area contributed by atoms with E-state index in [-0.39, 0.29) is 24.1 Å². The third-order valence-corrected chi connectivity index (χ3v) is 3.23. The van der Waals surface area contributed by atoms with Crippen molar-refractivity contribution in [2.24, 2.45) is 5.41 Å². The molecule has 0 aliphatic rings. The zero-order valence-corrected chi connectivity index (χ0v) is 11.8. The van der Waals surface area contributed by atoms with Gasteiger partial charge in [0.1, 0.15) is 5.75 Å². The fourth-order valence-corrected chi connectivity index (χ4v) is 1.41. The molecule has 3 nitrogen and oxygen atoms in total. The summed E-state index contributed by atoms with van der Waals surface area (Å²) in [4.78, 5) is 11.8. The van der Waals surface area contributed by atoms with E-state index in [1.807, 2.05) is 0 Å². The van der Waals surface area contributed by atoms with Crippen molar-refractivity contribution in [1.29, 1.82) is 0 Å². The predicted molar refractivity (Wildman–Crippen MR) is 69.5 cm³/mol. The molecule has 0 atom stereocenters. The lowest BCUT2D eigenvalue weighted by atomic mass is 9.95. The Labute approximate surface area is 120 Å². The molecule has 1 amide bonds. The smallest absolute Gasteiger partial charge is 0.406 e. The Morgan fingerprint density at radius 3 is 2.25 bits per heavy atom. The number of nitrogens with one attached hydrogen (secondary N) is 1. The highest BCUT2D eigenvalue weighted by Gasteiger charge is 2.31. The van der Waals surface area contributed by atoms with Crippen LogP contribution in [0.25, 0.3) is 0 Å². The van der Waals surface area contributed by atoms with Crippen molar-refractivity contribution in [3.8, 4) is 5.75 Å². The topological polar surface area (TPSA) is 38.3 Å². The average Bonchev–Trinajstić information content (AvgIpc) is 2.35. The van der Waals surface area contributed by atoms with Crippen LogP contribution in [-0.2, 0) is 11.3 Å². The Morgan fingerprint density at radius 1 is 1.25 bits per heavy atom. The molecule has 0 aliphatic carbocycles. The van der Waals surface area contributed by atoms with Crippen molar-refractivity contribution < 1.29 is 22.7 Å². The van der Waals surface area contributed by atoms with Crippen LogP contribution in [0.2, 0.25) is 0 Å². The van der Waals surface area contributed by atoms with Crippen LogP contribution in [0, 0.1) is 5.41 Å². The number of benzene rings is 1. The van der Waals surface area contributed by atoms with Gasteiger partial charge in [-0.25, -0.2) is 0 Å². The van der Waals surface area contributed by atoms with Gasteiger partial charge in [-0.2, -0.15) is 0 Å². The van der Waals surface area contributed by atoms with Crippen molar-refractivity contribution in [3.05, 3.63) is 29.8 Å². The fraction of sp³-hybridized carbons (Fsp3) is 0.462. The molecule has 0 spiro atoms. The number of amides is 1. The van der Waals surface area contributed by atoms with E-state index in [1.54, 1.807) is 13.8 Å². The van der Waals surface area contributed by atoms with E-state index in [9.17, 15) is 18.0 Å². The van der Waals surface area contributed by atoms with E-state index in [1.165, 1.54) is 24.3 Å². The number of hydrogen-bond donors (Lipinski definition) is 1. The summed E-state index contributed by atoms with van der Waals surface area (Å²) in [5.41, 5.74) is -0.0285. The van der Waals surface area contributed by atoms with Gasteiger partial charge in [0.15, 0.2) is 0 Å². The quantitative estimate of drug-likeness (QED) is 0.846. The molecule has 0 unspecified atom stereocenters. The molecule has 0 aliphatic heterocycles. The van der Waals surface area contributed by atoms with Crippen molar-refractivity contribution in [2.75, 3.05) is 5.88 Å². The van der Waals surface area contributed by atoms with Gasteiger partial charge in [-0.1, -0.05) is 12.1 Å². The van der Waals surface area contributed by atoms with Gasteiger partial charge in [0.25, 0.3) is 0 Å². The minimum Gasteiger partial charge on any atom is -0.406 e. The van der Waals surface area contributed by atoms with Crippen LogP contribution >= 0.6 is 11.6 Å². The van der Waals surface area contributed by atoms with Gasteiger partial charge in [-0.15, -0.1) is 24.8 Å². The molecule has 1 N–H and O–H groups in total. The molecule has 0 heterocycles. The van der Waals surface area contributed by atoms with E-state index < -0.39 is 11.8 Å². The molecule has 0 bridgehead atoms. The molecule has 0 saturated carbocycles. The lowest BCUT2D eigenvalue weighted by Crippen LogP contribution is -2.37. The third-order valence-electron chi connectivity index (χ3n) is 2.56. The molecular formula is C13H15ClF3NO2. The van der Waals surface area contributed by atoms with Crippen LogP contribution in [0.4, 0.5) is 13.2 Å². The monoisotopic (exact) mass is 309 g/mol. The first-order valence-corrected chi connectivity index (χ1v) is 6.36. The van der Waals surface area contributed by atoms with E-state index in [0.29, 0.717) is 5.56 Å². The highest BCUT2D eigenvalue weighted by Crippen LogP contribution is 2.23. The largest absolute Gasteiger partial charge is 0.573 e. The Kier molecular flexibility index (Phi) is 5.28.